The molecule has 0 aromatic heterocycles. The molecule has 5 heteroatoms. The zero-order valence-corrected chi connectivity index (χ0v) is 11.6. The van der Waals surface area contributed by atoms with Gasteiger partial charge in [0.25, 0.3) is 0 Å². The number of nitrogens with two attached hydrogens (primary N) is 1. The lowest BCUT2D eigenvalue weighted by Crippen LogP contribution is -2.32. The fourth-order valence-corrected chi connectivity index (χ4v) is 1.59. The highest BCUT2D eigenvalue weighted by atomic mass is 19.1. The Balaban J connectivity index is 2.53. The molecule has 0 bridgehead atoms. The summed E-state index contributed by atoms with van der Waals surface area (Å²) in [7, 11) is 1.41. The number of benzene rings is 1. The second-order valence-electron chi connectivity index (χ2n) is 5.29. The van der Waals surface area contributed by atoms with E-state index < -0.39 is 5.82 Å². The van der Waals surface area contributed by atoms with Crippen molar-refractivity contribution in [2.24, 2.45) is 11.1 Å². The monoisotopic (exact) mass is 268 g/mol. The molecule has 0 fully saturated rings. The maximum absolute atomic E-state index is 13.4. The molecule has 106 valence electrons. The summed E-state index contributed by atoms with van der Waals surface area (Å²) in [6.45, 7) is 4.59. The second-order valence-corrected chi connectivity index (χ2v) is 5.29. The summed E-state index contributed by atoms with van der Waals surface area (Å²) in [4.78, 5) is 11.7. The van der Waals surface area contributed by atoms with Gasteiger partial charge in [0, 0.05) is 13.0 Å². The molecule has 1 rings (SSSR count). The molecule has 1 amide bonds. The van der Waals surface area contributed by atoms with Crippen molar-refractivity contribution in [3.05, 3.63) is 29.6 Å². The summed E-state index contributed by atoms with van der Waals surface area (Å²) >= 11 is 0. The molecule has 0 heterocycles. The zero-order valence-electron chi connectivity index (χ0n) is 11.6. The minimum absolute atomic E-state index is 0.0910. The van der Waals surface area contributed by atoms with Crippen molar-refractivity contribution in [3.63, 3.8) is 0 Å². The first-order valence-electron chi connectivity index (χ1n) is 6.17. The number of halogens is 1. The topological polar surface area (TPSA) is 64.3 Å². The van der Waals surface area contributed by atoms with E-state index in [1.54, 1.807) is 12.1 Å². The van der Waals surface area contributed by atoms with Crippen LogP contribution in [0, 0.1) is 11.2 Å². The highest BCUT2D eigenvalue weighted by Crippen LogP contribution is 2.19. The van der Waals surface area contributed by atoms with Crippen LogP contribution in [0.15, 0.2) is 18.2 Å². The Hall–Kier alpha value is -1.62. The molecule has 0 saturated carbocycles. The average Bonchev–Trinajstić information content (AvgIpc) is 2.36. The van der Waals surface area contributed by atoms with Gasteiger partial charge in [0.2, 0.25) is 5.91 Å². The Kier molecular flexibility index (Phi) is 5.30. The van der Waals surface area contributed by atoms with E-state index in [1.807, 2.05) is 13.8 Å². The Morgan fingerprint density at radius 3 is 2.68 bits per heavy atom. The Bertz CT molecular complexity index is 447. The summed E-state index contributed by atoms with van der Waals surface area (Å²) < 4.78 is 18.3. The predicted octanol–water partition coefficient (Wildman–Crippen LogP) is 1.83. The highest BCUT2D eigenvalue weighted by molar-refractivity contribution is 5.76. The maximum atomic E-state index is 13.4. The van der Waals surface area contributed by atoms with Crippen molar-refractivity contribution in [1.82, 2.24) is 5.32 Å². The Morgan fingerprint density at radius 1 is 1.47 bits per heavy atom. The van der Waals surface area contributed by atoms with Crippen LogP contribution in [-0.2, 0) is 11.3 Å². The predicted molar refractivity (Wildman–Crippen MR) is 72.3 cm³/mol. The number of hydrogen-bond acceptors (Lipinski definition) is 3. The number of carbonyl (C=O) groups excluding carboxylic acids is 1. The van der Waals surface area contributed by atoms with Gasteiger partial charge in [-0.05, 0) is 29.7 Å². The molecule has 0 radical (unpaired) electrons. The van der Waals surface area contributed by atoms with Gasteiger partial charge < -0.3 is 15.8 Å². The van der Waals surface area contributed by atoms with Gasteiger partial charge in [-0.15, -0.1) is 0 Å². The lowest BCUT2D eigenvalue weighted by molar-refractivity contribution is -0.123. The molecule has 3 N–H and O–H groups in total. The molecule has 0 aliphatic rings. The van der Waals surface area contributed by atoms with E-state index in [1.165, 1.54) is 13.2 Å². The molecule has 0 atom stereocenters. The molecule has 1 aromatic carbocycles. The van der Waals surface area contributed by atoms with Gasteiger partial charge in [0.05, 0.1) is 7.11 Å². The summed E-state index contributed by atoms with van der Waals surface area (Å²) in [5, 5.41) is 2.75. The van der Waals surface area contributed by atoms with Crippen molar-refractivity contribution in [1.29, 1.82) is 0 Å². The van der Waals surface area contributed by atoms with E-state index in [9.17, 15) is 9.18 Å². The van der Waals surface area contributed by atoms with E-state index in [-0.39, 0.29) is 17.1 Å². The van der Waals surface area contributed by atoms with Gasteiger partial charge >= 0.3 is 0 Å². The number of nitrogens with one attached hydrogen (secondary N) is 1. The first-order chi connectivity index (χ1) is 8.88. The molecule has 1 aromatic rings. The number of rotatable bonds is 6. The molecular weight excluding hydrogens is 247 g/mol. The lowest BCUT2D eigenvalue weighted by Gasteiger charge is -2.21. The third-order valence-corrected chi connectivity index (χ3v) is 2.90. The molecule has 19 heavy (non-hydrogen) atoms. The SMILES string of the molecule is COc1ccc(CNC(=O)CC(C)(C)CN)cc1F. The number of carbonyl (C=O) groups is 1. The molecule has 0 aliphatic heterocycles. The number of amides is 1. The van der Waals surface area contributed by atoms with E-state index in [4.69, 9.17) is 10.5 Å². The van der Waals surface area contributed by atoms with Crippen LogP contribution in [0.25, 0.3) is 0 Å². The van der Waals surface area contributed by atoms with E-state index >= 15 is 0 Å². The summed E-state index contributed by atoms with van der Waals surface area (Å²) in [5.41, 5.74) is 6.04. The summed E-state index contributed by atoms with van der Waals surface area (Å²) in [6, 6.07) is 4.62. The van der Waals surface area contributed by atoms with Gasteiger partial charge in [-0.2, -0.15) is 0 Å². The Labute approximate surface area is 113 Å². The van der Waals surface area contributed by atoms with E-state index in [0.29, 0.717) is 25.1 Å². The van der Waals surface area contributed by atoms with Crippen molar-refractivity contribution in [3.8, 4) is 5.75 Å². The summed E-state index contributed by atoms with van der Waals surface area (Å²) in [6.07, 6.45) is 0.349. The fourth-order valence-electron chi connectivity index (χ4n) is 1.59. The minimum Gasteiger partial charge on any atom is -0.494 e. The van der Waals surface area contributed by atoms with Crippen LogP contribution in [0.4, 0.5) is 4.39 Å². The van der Waals surface area contributed by atoms with Gasteiger partial charge in [-0.25, -0.2) is 4.39 Å². The molecule has 0 aliphatic carbocycles. The molecule has 0 saturated heterocycles. The third-order valence-electron chi connectivity index (χ3n) is 2.90. The van der Waals surface area contributed by atoms with Crippen LogP contribution in [0.2, 0.25) is 0 Å². The van der Waals surface area contributed by atoms with Gasteiger partial charge in [0.15, 0.2) is 11.6 Å². The Morgan fingerprint density at radius 2 is 2.16 bits per heavy atom. The third kappa shape index (κ3) is 4.87. The van der Waals surface area contributed by atoms with Crippen LogP contribution in [0.5, 0.6) is 5.75 Å². The second kappa shape index (κ2) is 6.52. The number of hydrogen-bond donors (Lipinski definition) is 2. The van der Waals surface area contributed by atoms with Crippen LogP contribution in [0.3, 0.4) is 0 Å². The smallest absolute Gasteiger partial charge is 0.220 e. The lowest BCUT2D eigenvalue weighted by atomic mass is 9.89. The first-order valence-corrected chi connectivity index (χ1v) is 6.17. The molecule has 0 unspecified atom stereocenters. The fraction of sp³-hybridized carbons (Fsp3) is 0.500. The molecule has 0 spiro atoms. The van der Waals surface area contributed by atoms with E-state index in [0.717, 1.165) is 0 Å². The minimum atomic E-state index is -0.434. The first kappa shape index (κ1) is 15.4. The maximum Gasteiger partial charge on any atom is 0.220 e. The molecular formula is C14H21FN2O2. The van der Waals surface area contributed by atoms with Crippen molar-refractivity contribution in [2.45, 2.75) is 26.8 Å². The highest BCUT2D eigenvalue weighted by Gasteiger charge is 2.19. The normalized spacial score (nSPS) is 11.2. The van der Waals surface area contributed by atoms with Crippen molar-refractivity contribution in [2.75, 3.05) is 13.7 Å². The largest absolute Gasteiger partial charge is 0.494 e. The standard InChI is InChI=1S/C14H21FN2O2/c1-14(2,9-16)7-13(18)17-8-10-4-5-12(19-3)11(15)6-10/h4-6H,7-9,16H2,1-3H3,(H,17,18). The van der Waals surface area contributed by atoms with Gasteiger partial charge in [-0.3, -0.25) is 4.79 Å². The zero-order chi connectivity index (χ0) is 14.5. The molecule has 4 nitrogen and oxygen atoms in total. The van der Waals surface area contributed by atoms with Crippen LogP contribution in [0.1, 0.15) is 25.8 Å². The van der Waals surface area contributed by atoms with Gasteiger partial charge in [-0.1, -0.05) is 19.9 Å². The van der Waals surface area contributed by atoms with Crippen LogP contribution >= 0.6 is 0 Å². The van der Waals surface area contributed by atoms with E-state index in [2.05, 4.69) is 5.32 Å². The number of methoxy groups -OCH3 is 1. The number of ether oxygens (including phenoxy) is 1. The van der Waals surface area contributed by atoms with Crippen molar-refractivity contribution < 1.29 is 13.9 Å². The summed E-state index contributed by atoms with van der Waals surface area (Å²) in [5.74, 6) is -0.331. The van der Waals surface area contributed by atoms with Crippen LogP contribution < -0.4 is 15.8 Å². The quantitative estimate of drug-likeness (QED) is 0.827. The van der Waals surface area contributed by atoms with Gasteiger partial charge in [0.1, 0.15) is 0 Å². The average molecular weight is 268 g/mol. The van der Waals surface area contributed by atoms with Crippen LogP contribution in [-0.4, -0.2) is 19.6 Å². The van der Waals surface area contributed by atoms with Crippen molar-refractivity contribution >= 4 is 5.91 Å².